The van der Waals surface area contributed by atoms with Crippen LogP contribution in [0.2, 0.25) is 0 Å². The first-order valence-electron chi connectivity index (χ1n) is 12.5. The van der Waals surface area contributed by atoms with Crippen molar-refractivity contribution >= 4 is 22.1 Å². The number of benzene rings is 2. The number of hydrogen-bond acceptors (Lipinski definition) is 3. The van der Waals surface area contributed by atoms with Gasteiger partial charge >= 0.3 is 0 Å². The van der Waals surface area contributed by atoms with Crippen LogP contribution in [-0.4, -0.2) is 9.97 Å². The lowest BCUT2D eigenvalue weighted by Gasteiger charge is -2.28. The van der Waals surface area contributed by atoms with E-state index in [1.165, 1.54) is 19.3 Å². The van der Waals surface area contributed by atoms with E-state index in [2.05, 4.69) is 48.3 Å². The molecule has 164 valence electrons. The van der Waals surface area contributed by atoms with Crippen molar-refractivity contribution in [2.24, 2.45) is 5.92 Å². The number of nitrogens with zero attached hydrogens (tertiary/aromatic N) is 2. The van der Waals surface area contributed by atoms with Crippen molar-refractivity contribution in [1.29, 1.82) is 0 Å². The first-order valence-corrected chi connectivity index (χ1v) is 12.0. The lowest BCUT2D eigenvalue weighted by atomic mass is 9.78. The molecule has 1 aliphatic rings. The fraction of sp³-hybridized carbons (Fsp3) is 0.267. The summed E-state index contributed by atoms with van der Waals surface area (Å²) < 4.78 is 15.3. The van der Waals surface area contributed by atoms with Crippen molar-refractivity contribution in [3.63, 3.8) is 0 Å². The Balaban J connectivity index is 1.38. The van der Waals surface area contributed by atoms with Crippen LogP contribution in [0, 0.1) is 5.92 Å². The molecule has 1 aliphatic carbocycles. The third-order valence-corrected chi connectivity index (χ3v) is 7.13. The minimum atomic E-state index is -0.595. The Bertz CT molecular complexity index is 1470. The Hall–Kier alpha value is -3.46. The summed E-state index contributed by atoms with van der Waals surface area (Å²) in [6.45, 7) is 2.07. The Morgan fingerprint density at radius 3 is 2.55 bits per heavy atom. The van der Waals surface area contributed by atoms with Gasteiger partial charge < -0.3 is 4.42 Å². The van der Waals surface area contributed by atoms with E-state index in [1.807, 2.05) is 42.6 Å². The molecule has 1 fully saturated rings. The molecule has 0 aliphatic heterocycles. The van der Waals surface area contributed by atoms with Crippen LogP contribution in [0.25, 0.3) is 44.6 Å². The standard InChI is InChI=1S/C30H28N2O/c1-20(21-8-4-2-5-9-21)23-16-17-31-28(19-23)24-12-15-29-26(18-24)25-13-14-27(32-30(25)33-29)22-10-6-3-7-11-22/h3,6-7,10-21H,2,4-5,8-9H2,1H3/i20D. The first kappa shape index (κ1) is 19.0. The van der Waals surface area contributed by atoms with Gasteiger partial charge in [0.25, 0.3) is 0 Å². The van der Waals surface area contributed by atoms with Crippen LogP contribution in [0.1, 0.15) is 51.9 Å². The summed E-state index contributed by atoms with van der Waals surface area (Å²) in [7, 11) is 0. The van der Waals surface area contributed by atoms with Crippen molar-refractivity contribution in [2.75, 3.05) is 0 Å². The van der Waals surface area contributed by atoms with E-state index in [4.69, 9.17) is 9.40 Å². The number of fused-ring (bicyclic) bond motifs is 3. The first-order chi connectivity index (χ1) is 16.6. The minimum Gasteiger partial charge on any atom is -0.438 e. The monoisotopic (exact) mass is 433 g/mol. The summed E-state index contributed by atoms with van der Waals surface area (Å²) in [6, 6.07) is 24.6. The summed E-state index contributed by atoms with van der Waals surface area (Å²) in [6.07, 6.45) is 7.91. The van der Waals surface area contributed by atoms with Crippen LogP contribution in [0.4, 0.5) is 0 Å². The molecule has 1 saturated carbocycles. The Morgan fingerprint density at radius 2 is 1.70 bits per heavy atom. The van der Waals surface area contributed by atoms with Crippen molar-refractivity contribution in [1.82, 2.24) is 9.97 Å². The van der Waals surface area contributed by atoms with Crippen LogP contribution in [-0.2, 0) is 0 Å². The van der Waals surface area contributed by atoms with Gasteiger partial charge in [-0.3, -0.25) is 4.98 Å². The molecule has 33 heavy (non-hydrogen) atoms. The van der Waals surface area contributed by atoms with Gasteiger partial charge in [0, 0.05) is 29.5 Å². The fourth-order valence-electron chi connectivity index (χ4n) is 5.19. The van der Waals surface area contributed by atoms with Crippen LogP contribution < -0.4 is 0 Å². The lowest BCUT2D eigenvalue weighted by Crippen LogP contribution is -2.14. The Kier molecular flexibility index (Phi) is 4.89. The molecule has 3 heterocycles. The Labute approximate surface area is 195 Å². The SMILES string of the molecule is [2H]C(C)(c1ccnc(-c2ccc3oc4nc(-c5ccccc5)ccc4c3c2)c1)C1CCCCC1. The number of aromatic nitrogens is 2. The minimum absolute atomic E-state index is 0.404. The van der Waals surface area contributed by atoms with E-state index in [0.29, 0.717) is 11.6 Å². The number of pyridine rings is 2. The van der Waals surface area contributed by atoms with Gasteiger partial charge in [-0.15, -0.1) is 0 Å². The van der Waals surface area contributed by atoms with Gasteiger partial charge in [-0.1, -0.05) is 56.5 Å². The summed E-state index contributed by atoms with van der Waals surface area (Å²) in [5, 5.41) is 2.04. The van der Waals surface area contributed by atoms with Gasteiger partial charge in [-0.25, -0.2) is 4.98 Å². The molecule has 0 amide bonds. The number of rotatable bonds is 4. The van der Waals surface area contributed by atoms with E-state index in [-0.39, 0.29) is 0 Å². The predicted molar refractivity (Wildman–Crippen MR) is 135 cm³/mol. The molecular weight excluding hydrogens is 404 g/mol. The summed E-state index contributed by atoms with van der Waals surface area (Å²) >= 11 is 0. The van der Waals surface area contributed by atoms with Gasteiger partial charge in [0.05, 0.1) is 11.4 Å². The average molecular weight is 434 g/mol. The van der Waals surface area contributed by atoms with Crippen LogP contribution >= 0.6 is 0 Å². The summed E-state index contributed by atoms with van der Waals surface area (Å²) in [5.41, 5.74) is 6.42. The van der Waals surface area contributed by atoms with Crippen molar-refractivity contribution in [3.8, 4) is 22.5 Å². The summed E-state index contributed by atoms with van der Waals surface area (Å²) in [5.74, 6) is -0.191. The molecule has 3 heteroatoms. The quantitative estimate of drug-likeness (QED) is 0.286. The molecule has 3 nitrogen and oxygen atoms in total. The summed E-state index contributed by atoms with van der Waals surface area (Å²) in [4.78, 5) is 9.44. The number of furan rings is 1. The maximum Gasteiger partial charge on any atom is 0.227 e. The smallest absolute Gasteiger partial charge is 0.227 e. The van der Waals surface area contributed by atoms with Crippen LogP contribution in [0.5, 0.6) is 0 Å². The predicted octanol–water partition coefficient (Wildman–Crippen LogP) is 8.39. The third kappa shape index (κ3) is 3.82. The van der Waals surface area contributed by atoms with Crippen molar-refractivity contribution in [3.05, 3.63) is 84.6 Å². The fourth-order valence-corrected chi connectivity index (χ4v) is 5.19. The third-order valence-electron chi connectivity index (χ3n) is 7.13. The highest BCUT2D eigenvalue weighted by molar-refractivity contribution is 6.05. The topological polar surface area (TPSA) is 38.9 Å². The second-order valence-corrected chi connectivity index (χ2v) is 9.18. The highest BCUT2D eigenvalue weighted by Crippen LogP contribution is 2.37. The van der Waals surface area contributed by atoms with E-state index in [0.717, 1.165) is 57.3 Å². The van der Waals surface area contributed by atoms with Gasteiger partial charge in [-0.2, -0.15) is 0 Å². The van der Waals surface area contributed by atoms with Crippen LogP contribution in [0.3, 0.4) is 0 Å². The largest absolute Gasteiger partial charge is 0.438 e. The zero-order chi connectivity index (χ0) is 23.1. The average Bonchev–Trinajstić information content (AvgIpc) is 3.27. The van der Waals surface area contributed by atoms with Crippen molar-refractivity contribution < 1.29 is 5.79 Å². The molecule has 3 aromatic heterocycles. The molecule has 1 unspecified atom stereocenters. The van der Waals surface area contributed by atoms with Gasteiger partial charge in [0.2, 0.25) is 5.71 Å². The molecule has 0 bridgehead atoms. The van der Waals surface area contributed by atoms with Crippen molar-refractivity contribution in [2.45, 2.75) is 44.9 Å². The van der Waals surface area contributed by atoms with Gasteiger partial charge in [0.15, 0.2) is 0 Å². The zero-order valence-corrected chi connectivity index (χ0v) is 18.9. The second kappa shape index (κ2) is 8.47. The van der Waals surface area contributed by atoms with E-state index in [1.54, 1.807) is 0 Å². The molecule has 0 N–H and O–H groups in total. The normalized spacial score (nSPS) is 17.2. The van der Waals surface area contributed by atoms with E-state index < -0.39 is 5.89 Å². The molecule has 6 rings (SSSR count). The molecule has 0 radical (unpaired) electrons. The molecule has 1 atom stereocenters. The van der Waals surface area contributed by atoms with E-state index >= 15 is 0 Å². The molecular formula is C30H28N2O. The van der Waals surface area contributed by atoms with E-state index in [9.17, 15) is 1.37 Å². The highest BCUT2D eigenvalue weighted by Gasteiger charge is 2.22. The molecule has 2 aromatic carbocycles. The molecule has 0 saturated heterocycles. The zero-order valence-electron chi connectivity index (χ0n) is 19.9. The maximum absolute atomic E-state index is 9.18. The number of hydrogen-bond donors (Lipinski definition) is 0. The van der Waals surface area contributed by atoms with Gasteiger partial charge in [-0.05, 0) is 72.7 Å². The highest BCUT2D eigenvalue weighted by atomic mass is 16.3. The van der Waals surface area contributed by atoms with Crippen LogP contribution in [0.15, 0.2) is 83.4 Å². The second-order valence-electron chi connectivity index (χ2n) is 9.18. The van der Waals surface area contributed by atoms with Gasteiger partial charge in [0.1, 0.15) is 5.58 Å². The Morgan fingerprint density at radius 1 is 0.848 bits per heavy atom. The molecule has 0 spiro atoms. The maximum atomic E-state index is 9.18. The lowest BCUT2D eigenvalue weighted by molar-refractivity contribution is 0.316. The molecule has 5 aromatic rings.